The molecule has 1 unspecified atom stereocenters. The Bertz CT molecular complexity index is 895. The van der Waals surface area contributed by atoms with Crippen molar-refractivity contribution in [2.45, 2.75) is 18.9 Å². The highest BCUT2D eigenvalue weighted by atomic mass is 16.4. The number of aromatic nitrogens is 4. The maximum absolute atomic E-state index is 11.2. The zero-order valence-electron chi connectivity index (χ0n) is 13.5. The van der Waals surface area contributed by atoms with Gasteiger partial charge >= 0.3 is 6.09 Å². The molecule has 0 aromatic carbocycles. The molecule has 0 saturated carbocycles. The molecule has 0 radical (unpaired) electrons. The van der Waals surface area contributed by atoms with E-state index in [0.717, 1.165) is 29.7 Å². The molecule has 1 atom stereocenters. The third kappa shape index (κ3) is 2.98. The summed E-state index contributed by atoms with van der Waals surface area (Å²) in [6.45, 7) is 1.14. The number of pyridine rings is 1. The minimum Gasteiger partial charge on any atom is -0.465 e. The number of carbonyl (C=O) groups is 1. The van der Waals surface area contributed by atoms with Crippen molar-refractivity contribution < 1.29 is 9.90 Å². The van der Waals surface area contributed by atoms with Gasteiger partial charge in [0.1, 0.15) is 5.82 Å². The second-order valence-electron chi connectivity index (χ2n) is 6.02. The molecule has 0 bridgehead atoms. The number of amides is 1. The first-order chi connectivity index (χ1) is 12.2. The lowest BCUT2D eigenvalue weighted by atomic mass is 10.2. The molecule has 4 heterocycles. The fourth-order valence-corrected chi connectivity index (χ4v) is 3.21. The predicted molar refractivity (Wildman–Crippen MR) is 92.5 cm³/mol. The van der Waals surface area contributed by atoms with Crippen LogP contribution in [-0.4, -0.2) is 54.8 Å². The molecule has 0 spiro atoms. The summed E-state index contributed by atoms with van der Waals surface area (Å²) >= 11 is 0. The Labute approximate surface area is 144 Å². The van der Waals surface area contributed by atoms with Crippen LogP contribution >= 0.6 is 0 Å². The van der Waals surface area contributed by atoms with Gasteiger partial charge in [0, 0.05) is 31.0 Å². The Hall–Kier alpha value is -3.16. The van der Waals surface area contributed by atoms with Crippen molar-refractivity contribution >= 4 is 17.6 Å². The van der Waals surface area contributed by atoms with Crippen molar-refractivity contribution in [1.29, 1.82) is 0 Å². The van der Waals surface area contributed by atoms with Gasteiger partial charge in [-0.3, -0.25) is 4.98 Å². The van der Waals surface area contributed by atoms with E-state index in [2.05, 4.69) is 20.4 Å². The van der Waals surface area contributed by atoms with Crippen LogP contribution in [0.4, 0.5) is 10.6 Å². The smallest absolute Gasteiger partial charge is 0.407 e. The van der Waals surface area contributed by atoms with Gasteiger partial charge in [-0.1, -0.05) is 0 Å². The second-order valence-corrected chi connectivity index (χ2v) is 6.02. The molecule has 2 N–H and O–H groups in total. The normalized spacial score (nSPS) is 17.1. The molecule has 0 aliphatic carbocycles. The van der Waals surface area contributed by atoms with Crippen LogP contribution < -0.4 is 5.32 Å². The Kier molecular flexibility index (Phi) is 3.93. The number of fused-ring (bicyclic) bond motifs is 1. The predicted octanol–water partition coefficient (Wildman–Crippen LogP) is 2.35. The number of likely N-dealkylation sites (tertiary alicyclic amines) is 1. The van der Waals surface area contributed by atoms with Crippen LogP contribution in [0.3, 0.4) is 0 Å². The van der Waals surface area contributed by atoms with Gasteiger partial charge in [0.25, 0.3) is 0 Å². The molecule has 3 aromatic heterocycles. The summed E-state index contributed by atoms with van der Waals surface area (Å²) in [5, 5.41) is 17.1. The Morgan fingerprint density at radius 3 is 2.92 bits per heavy atom. The van der Waals surface area contributed by atoms with Gasteiger partial charge in [0.15, 0.2) is 5.65 Å². The molecule has 1 saturated heterocycles. The minimum absolute atomic E-state index is 0.0162. The molecule has 3 aromatic rings. The molecule has 1 aliphatic heterocycles. The maximum atomic E-state index is 11.2. The van der Waals surface area contributed by atoms with Gasteiger partial charge in [-0.05, 0) is 37.1 Å². The van der Waals surface area contributed by atoms with Crippen LogP contribution in [0.5, 0.6) is 0 Å². The lowest BCUT2D eigenvalue weighted by Gasteiger charge is -2.21. The summed E-state index contributed by atoms with van der Waals surface area (Å²) in [5.74, 6) is 0.693. The average molecular weight is 338 g/mol. The largest absolute Gasteiger partial charge is 0.465 e. The van der Waals surface area contributed by atoms with Crippen LogP contribution in [-0.2, 0) is 0 Å². The number of hydrogen-bond acceptors (Lipinski definition) is 5. The fourth-order valence-electron chi connectivity index (χ4n) is 3.21. The lowest BCUT2D eigenvalue weighted by Crippen LogP contribution is -2.38. The van der Waals surface area contributed by atoms with Crippen molar-refractivity contribution in [2.24, 2.45) is 0 Å². The molecule has 1 fully saturated rings. The van der Waals surface area contributed by atoms with E-state index in [1.54, 1.807) is 23.1 Å². The monoisotopic (exact) mass is 338 g/mol. The van der Waals surface area contributed by atoms with E-state index >= 15 is 0 Å². The van der Waals surface area contributed by atoms with E-state index in [1.807, 2.05) is 24.3 Å². The first-order valence-corrected chi connectivity index (χ1v) is 8.21. The first-order valence-electron chi connectivity index (χ1n) is 8.21. The standard InChI is InChI=1S/C17H18N6O2/c24-17(25)22-9-1-2-13(22)10-19-15-3-4-16-20-11-14(23(16)21-15)12-5-7-18-8-6-12/h3-8,11,13H,1-2,9-10H2,(H,19,21)(H,24,25). The van der Waals surface area contributed by atoms with Crippen LogP contribution in [0.1, 0.15) is 12.8 Å². The van der Waals surface area contributed by atoms with Crippen molar-refractivity contribution in [3.05, 3.63) is 42.9 Å². The molecular formula is C17H18N6O2. The zero-order chi connectivity index (χ0) is 17.2. The fraction of sp³-hybridized carbons (Fsp3) is 0.294. The van der Waals surface area contributed by atoms with E-state index < -0.39 is 6.09 Å². The summed E-state index contributed by atoms with van der Waals surface area (Å²) in [6.07, 6.45) is 6.16. The molecule has 1 amide bonds. The Balaban J connectivity index is 1.56. The molecule has 1 aliphatic rings. The lowest BCUT2D eigenvalue weighted by molar-refractivity contribution is 0.142. The number of anilines is 1. The topological polar surface area (TPSA) is 95.7 Å². The van der Waals surface area contributed by atoms with Crippen molar-refractivity contribution in [2.75, 3.05) is 18.4 Å². The average Bonchev–Trinajstić information content (AvgIpc) is 3.27. The van der Waals surface area contributed by atoms with E-state index in [9.17, 15) is 9.90 Å². The Morgan fingerprint density at radius 2 is 2.12 bits per heavy atom. The van der Waals surface area contributed by atoms with Gasteiger partial charge in [-0.2, -0.15) is 0 Å². The van der Waals surface area contributed by atoms with Gasteiger partial charge in [0.05, 0.1) is 17.9 Å². The number of nitrogens with zero attached hydrogens (tertiary/aromatic N) is 5. The number of imidazole rings is 1. The third-order valence-corrected chi connectivity index (χ3v) is 4.48. The summed E-state index contributed by atoms with van der Waals surface area (Å²) in [5.41, 5.74) is 2.62. The SMILES string of the molecule is O=C(O)N1CCCC1CNc1ccc2ncc(-c3ccncc3)n2n1. The number of rotatable bonds is 4. The van der Waals surface area contributed by atoms with Crippen molar-refractivity contribution in [3.63, 3.8) is 0 Å². The van der Waals surface area contributed by atoms with E-state index in [0.29, 0.717) is 18.9 Å². The van der Waals surface area contributed by atoms with Gasteiger partial charge in [-0.25, -0.2) is 14.3 Å². The van der Waals surface area contributed by atoms with Crippen LogP contribution in [0.15, 0.2) is 42.9 Å². The van der Waals surface area contributed by atoms with E-state index in [-0.39, 0.29) is 6.04 Å². The Morgan fingerprint density at radius 1 is 1.28 bits per heavy atom. The van der Waals surface area contributed by atoms with Crippen LogP contribution in [0.25, 0.3) is 16.9 Å². The van der Waals surface area contributed by atoms with E-state index in [4.69, 9.17) is 0 Å². The van der Waals surface area contributed by atoms with Gasteiger partial charge in [0.2, 0.25) is 0 Å². The molecule has 4 rings (SSSR count). The van der Waals surface area contributed by atoms with Gasteiger partial charge in [-0.15, -0.1) is 5.10 Å². The highest BCUT2D eigenvalue weighted by molar-refractivity contribution is 5.66. The zero-order valence-corrected chi connectivity index (χ0v) is 13.5. The highest BCUT2D eigenvalue weighted by Gasteiger charge is 2.28. The van der Waals surface area contributed by atoms with E-state index in [1.165, 1.54) is 4.90 Å². The number of hydrogen-bond donors (Lipinski definition) is 2. The molecule has 8 nitrogen and oxygen atoms in total. The van der Waals surface area contributed by atoms with Crippen LogP contribution in [0.2, 0.25) is 0 Å². The minimum atomic E-state index is -0.859. The molecule has 128 valence electrons. The molecule has 8 heteroatoms. The number of nitrogens with one attached hydrogen (secondary N) is 1. The quantitative estimate of drug-likeness (QED) is 0.758. The summed E-state index contributed by atoms with van der Waals surface area (Å²) in [4.78, 5) is 21.1. The molecule has 25 heavy (non-hydrogen) atoms. The summed E-state index contributed by atoms with van der Waals surface area (Å²) < 4.78 is 1.78. The first kappa shape index (κ1) is 15.4. The second kappa shape index (κ2) is 6.39. The third-order valence-electron chi connectivity index (χ3n) is 4.48. The highest BCUT2D eigenvalue weighted by Crippen LogP contribution is 2.21. The summed E-state index contributed by atoms with van der Waals surface area (Å²) in [7, 11) is 0. The summed E-state index contributed by atoms with van der Waals surface area (Å²) in [6, 6.07) is 7.56. The van der Waals surface area contributed by atoms with Crippen molar-refractivity contribution in [1.82, 2.24) is 24.5 Å². The molecular weight excluding hydrogens is 320 g/mol. The van der Waals surface area contributed by atoms with Crippen molar-refractivity contribution in [3.8, 4) is 11.3 Å². The van der Waals surface area contributed by atoms with Gasteiger partial charge < -0.3 is 15.3 Å². The number of carboxylic acid groups (broad SMARTS) is 1. The van der Waals surface area contributed by atoms with Crippen LogP contribution in [0, 0.1) is 0 Å². The maximum Gasteiger partial charge on any atom is 0.407 e.